The van der Waals surface area contributed by atoms with Crippen molar-refractivity contribution in [3.8, 4) is 0 Å². The molecule has 3 heterocycles. The molecule has 1 saturated heterocycles. The van der Waals surface area contributed by atoms with Crippen molar-refractivity contribution < 1.29 is 24.1 Å². The van der Waals surface area contributed by atoms with Crippen molar-refractivity contribution in [1.82, 2.24) is 25.4 Å². The van der Waals surface area contributed by atoms with Crippen LogP contribution in [0.3, 0.4) is 0 Å². The highest BCUT2D eigenvalue weighted by Crippen LogP contribution is 2.52. The second-order valence-electron chi connectivity index (χ2n) is 12.4. The van der Waals surface area contributed by atoms with Crippen LogP contribution in [0.5, 0.6) is 0 Å². The minimum atomic E-state index is -1.36. The third-order valence-corrected chi connectivity index (χ3v) is 9.91. The standard InChI is InChI=1S/C36H41N5O5/c1-24-30(34(42)45-3)31(28-16-10-17-29-32(28)39-46-38-29)36(35(43)44,25(2)37-24)18-11-19-40-20-22-41(23-21-40)33(26-12-6-4-7-13-26)27-14-8-5-9-15-27/h4-10,12-17,25,31,33,37H,11,18-23H2,1-3H3,(H,43,44). The largest absolute Gasteiger partial charge is 0.481 e. The van der Waals surface area contributed by atoms with Gasteiger partial charge in [0.25, 0.3) is 0 Å². The SMILES string of the molecule is COC(=O)C1=C(C)NC(C)C(CCCN2CCN(C(c3ccccc3)c3ccccc3)CC2)(C(=O)O)C1c1cccc2nonc12. The number of piperazine rings is 1. The number of carbonyl (C=O) groups excluding carboxylic acids is 1. The maximum atomic E-state index is 13.5. The molecule has 46 heavy (non-hydrogen) atoms. The van der Waals surface area contributed by atoms with Crippen LogP contribution >= 0.6 is 0 Å². The van der Waals surface area contributed by atoms with Gasteiger partial charge in [0.05, 0.1) is 24.1 Å². The Labute approximate surface area is 269 Å². The summed E-state index contributed by atoms with van der Waals surface area (Å²) >= 11 is 0. The van der Waals surface area contributed by atoms with E-state index in [0.717, 1.165) is 32.7 Å². The van der Waals surface area contributed by atoms with E-state index in [0.29, 0.717) is 40.7 Å². The van der Waals surface area contributed by atoms with Gasteiger partial charge in [-0.3, -0.25) is 9.69 Å². The van der Waals surface area contributed by atoms with Gasteiger partial charge in [-0.2, -0.15) is 0 Å². The number of carbonyl (C=O) groups is 2. The molecule has 2 aliphatic rings. The van der Waals surface area contributed by atoms with Crippen LogP contribution in [0, 0.1) is 5.41 Å². The van der Waals surface area contributed by atoms with Crippen molar-refractivity contribution in [1.29, 1.82) is 0 Å². The highest BCUT2D eigenvalue weighted by Gasteiger charge is 2.56. The van der Waals surface area contributed by atoms with E-state index >= 15 is 0 Å². The zero-order valence-corrected chi connectivity index (χ0v) is 26.6. The Kier molecular flexibility index (Phi) is 9.19. The fraction of sp³-hybridized carbons (Fsp3) is 0.389. The first-order valence-corrected chi connectivity index (χ1v) is 15.9. The molecule has 0 radical (unpaired) electrons. The number of ether oxygens (including phenoxy) is 1. The number of benzene rings is 3. The number of carboxylic acids is 1. The lowest BCUT2D eigenvalue weighted by Gasteiger charge is -2.47. The quantitative estimate of drug-likeness (QED) is 0.233. The van der Waals surface area contributed by atoms with Gasteiger partial charge in [-0.15, -0.1) is 0 Å². The molecule has 240 valence electrons. The second kappa shape index (κ2) is 13.4. The summed E-state index contributed by atoms with van der Waals surface area (Å²) in [4.78, 5) is 31.7. The summed E-state index contributed by atoms with van der Waals surface area (Å²) in [6.07, 6.45) is 0.976. The van der Waals surface area contributed by atoms with Gasteiger partial charge in [0, 0.05) is 43.8 Å². The number of nitrogens with one attached hydrogen (secondary N) is 1. The Bertz CT molecular complexity index is 1660. The summed E-state index contributed by atoms with van der Waals surface area (Å²) in [5, 5.41) is 22.4. The van der Waals surface area contributed by atoms with Crippen LogP contribution in [-0.2, 0) is 14.3 Å². The van der Waals surface area contributed by atoms with Gasteiger partial charge in [0.1, 0.15) is 11.0 Å². The summed E-state index contributed by atoms with van der Waals surface area (Å²) < 4.78 is 10.2. The molecule has 3 unspecified atom stereocenters. The number of methoxy groups -OCH3 is 1. The van der Waals surface area contributed by atoms with Gasteiger partial charge in [-0.25, -0.2) is 9.42 Å². The van der Waals surface area contributed by atoms with E-state index in [-0.39, 0.29) is 6.04 Å². The van der Waals surface area contributed by atoms with Crippen molar-refractivity contribution in [3.63, 3.8) is 0 Å². The van der Waals surface area contributed by atoms with Gasteiger partial charge < -0.3 is 20.1 Å². The lowest BCUT2D eigenvalue weighted by Crippen LogP contribution is -2.57. The maximum absolute atomic E-state index is 13.5. The molecule has 3 aromatic carbocycles. The van der Waals surface area contributed by atoms with Crippen LogP contribution in [0.2, 0.25) is 0 Å². The fourth-order valence-electron chi connectivity index (χ4n) is 7.63. The monoisotopic (exact) mass is 623 g/mol. The average molecular weight is 624 g/mol. The number of hydrogen-bond donors (Lipinski definition) is 2. The van der Waals surface area contributed by atoms with E-state index in [1.165, 1.54) is 18.2 Å². The van der Waals surface area contributed by atoms with E-state index in [4.69, 9.17) is 9.37 Å². The maximum Gasteiger partial charge on any atom is 0.336 e. The number of aliphatic carboxylic acids is 1. The molecule has 4 aromatic rings. The normalized spacial score (nSPS) is 22.6. The predicted molar refractivity (Wildman–Crippen MR) is 174 cm³/mol. The molecule has 6 rings (SSSR count). The Hall–Kier alpha value is -4.54. The summed E-state index contributed by atoms with van der Waals surface area (Å²) in [5.74, 6) is -2.36. The first kappa shape index (κ1) is 31.4. The van der Waals surface area contributed by atoms with Crippen LogP contribution in [0.15, 0.2) is 94.8 Å². The molecule has 0 saturated carbocycles. The van der Waals surface area contributed by atoms with Gasteiger partial charge in [0.2, 0.25) is 0 Å². The number of fused-ring (bicyclic) bond motifs is 1. The van der Waals surface area contributed by atoms with Crippen molar-refractivity contribution >= 4 is 23.0 Å². The molecule has 1 aromatic heterocycles. The first-order chi connectivity index (χ1) is 22.3. The number of aromatic nitrogens is 2. The van der Waals surface area contributed by atoms with Gasteiger partial charge in [0.15, 0.2) is 0 Å². The topological polar surface area (TPSA) is 121 Å². The van der Waals surface area contributed by atoms with E-state index in [1.54, 1.807) is 19.1 Å². The van der Waals surface area contributed by atoms with Gasteiger partial charge >= 0.3 is 11.9 Å². The second-order valence-corrected chi connectivity index (χ2v) is 12.4. The Morgan fingerprint density at radius 2 is 1.63 bits per heavy atom. The van der Waals surface area contributed by atoms with Crippen LogP contribution < -0.4 is 5.32 Å². The van der Waals surface area contributed by atoms with Crippen molar-refractivity contribution in [3.05, 3.63) is 107 Å². The molecule has 10 nitrogen and oxygen atoms in total. The summed E-state index contributed by atoms with van der Waals surface area (Å²) in [6, 6.07) is 26.3. The number of hydrogen-bond acceptors (Lipinski definition) is 9. The van der Waals surface area contributed by atoms with Gasteiger partial charge in [-0.05, 0) is 66.3 Å². The third kappa shape index (κ3) is 5.78. The highest BCUT2D eigenvalue weighted by atomic mass is 16.6. The molecule has 0 spiro atoms. The third-order valence-electron chi connectivity index (χ3n) is 9.91. The number of allylic oxidation sites excluding steroid dienone is 1. The minimum Gasteiger partial charge on any atom is -0.481 e. The van der Waals surface area contributed by atoms with E-state index in [9.17, 15) is 14.7 Å². The number of esters is 1. The fourth-order valence-corrected chi connectivity index (χ4v) is 7.63. The smallest absolute Gasteiger partial charge is 0.336 e. The molecular formula is C36H41N5O5. The molecule has 3 atom stereocenters. The van der Waals surface area contributed by atoms with Gasteiger partial charge in [-0.1, -0.05) is 72.8 Å². The lowest BCUT2D eigenvalue weighted by molar-refractivity contribution is -0.153. The zero-order chi connectivity index (χ0) is 32.3. The van der Waals surface area contributed by atoms with Crippen LogP contribution in [0.25, 0.3) is 11.0 Å². The van der Waals surface area contributed by atoms with Crippen molar-refractivity contribution in [2.45, 2.75) is 44.7 Å². The first-order valence-electron chi connectivity index (χ1n) is 15.9. The average Bonchev–Trinajstić information content (AvgIpc) is 3.56. The van der Waals surface area contributed by atoms with E-state index in [2.05, 4.69) is 86.1 Å². The Morgan fingerprint density at radius 1 is 0.978 bits per heavy atom. The van der Waals surface area contributed by atoms with Crippen LogP contribution in [-0.4, -0.2) is 83.0 Å². The van der Waals surface area contributed by atoms with E-state index < -0.39 is 29.3 Å². The van der Waals surface area contributed by atoms with Crippen molar-refractivity contribution in [2.24, 2.45) is 5.41 Å². The minimum absolute atomic E-state index is 0.176. The molecule has 0 bridgehead atoms. The number of rotatable bonds is 10. The van der Waals surface area contributed by atoms with Crippen molar-refractivity contribution in [2.75, 3.05) is 39.8 Å². The molecular weight excluding hydrogens is 582 g/mol. The number of carboxylic acid groups (broad SMARTS) is 1. The molecule has 2 aliphatic heterocycles. The molecule has 2 N–H and O–H groups in total. The summed E-state index contributed by atoms with van der Waals surface area (Å²) in [5.41, 5.74) is 3.63. The molecule has 1 fully saturated rings. The summed E-state index contributed by atoms with van der Waals surface area (Å²) in [7, 11) is 1.32. The predicted octanol–water partition coefficient (Wildman–Crippen LogP) is 5.00. The zero-order valence-electron chi connectivity index (χ0n) is 26.6. The molecule has 10 heteroatoms. The molecule has 0 amide bonds. The van der Waals surface area contributed by atoms with Crippen LogP contribution in [0.1, 0.15) is 55.3 Å². The number of nitrogens with zero attached hydrogens (tertiary/aromatic N) is 4. The Balaban J connectivity index is 1.23. The molecule has 0 aliphatic carbocycles. The Morgan fingerprint density at radius 3 is 2.24 bits per heavy atom. The van der Waals surface area contributed by atoms with Crippen LogP contribution in [0.4, 0.5) is 0 Å². The lowest BCUT2D eigenvalue weighted by atomic mass is 9.60. The summed E-state index contributed by atoms with van der Waals surface area (Å²) in [6.45, 7) is 7.97. The highest BCUT2D eigenvalue weighted by molar-refractivity contribution is 5.96. The van der Waals surface area contributed by atoms with E-state index in [1.807, 2.05) is 13.0 Å².